The Bertz CT molecular complexity index is 1440. The minimum Gasteiger partial charge on any atom is -0.493 e. The van der Waals surface area contributed by atoms with Crippen LogP contribution >= 0.6 is 11.3 Å². The first-order valence-corrected chi connectivity index (χ1v) is 9.89. The van der Waals surface area contributed by atoms with Gasteiger partial charge in [-0.05, 0) is 24.3 Å². The maximum atomic E-state index is 13.1. The molecule has 2 aromatic heterocycles. The molecule has 0 atom stereocenters. The maximum absolute atomic E-state index is 13.1. The number of thiazole rings is 1. The molecule has 0 spiro atoms. The molecule has 2 aromatic carbocycles. The highest BCUT2D eigenvalue weighted by Crippen LogP contribution is 2.34. The van der Waals surface area contributed by atoms with Crippen LogP contribution in [-0.2, 0) is 4.79 Å². The number of carbonyl (C=O) groups is 1. The van der Waals surface area contributed by atoms with Crippen LogP contribution in [0.2, 0.25) is 0 Å². The minimum atomic E-state index is -0.359. The van der Waals surface area contributed by atoms with Gasteiger partial charge >= 0.3 is 0 Å². The number of hydrogen-bond donors (Lipinski definition) is 0. The summed E-state index contributed by atoms with van der Waals surface area (Å²) in [6.45, 7) is 0. The van der Waals surface area contributed by atoms with E-state index >= 15 is 0 Å². The van der Waals surface area contributed by atoms with Crippen molar-refractivity contribution in [2.45, 2.75) is 0 Å². The van der Waals surface area contributed by atoms with Gasteiger partial charge in [0.2, 0.25) is 4.96 Å². The van der Waals surface area contributed by atoms with Crippen molar-refractivity contribution >= 4 is 33.5 Å². The molecule has 0 fully saturated rings. The molecule has 5 rings (SSSR count). The highest BCUT2D eigenvalue weighted by Gasteiger charge is 2.31. The molecule has 0 saturated heterocycles. The van der Waals surface area contributed by atoms with Crippen LogP contribution in [0.5, 0.6) is 11.5 Å². The molecule has 4 aromatic rings. The average Bonchev–Trinajstić information content (AvgIpc) is 3.40. The predicted molar refractivity (Wildman–Crippen MR) is 113 cm³/mol. The molecule has 8 nitrogen and oxygen atoms in total. The Labute approximate surface area is 174 Å². The molecule has 0 saturated carbocycles. The van der Waals surface area contributed by atoms with Crippen LogP contribution in [0.3, 0.4) is 0 Å². The number of likely N-dealkylation sites (N-methyl/N-ethyl adjacent to an activating group) is 1. The van der Waals surface area contributed by atoms with E-state index in [1.807, 2.05) is 24.3 Å². The number of amides is 1. The van der Waals surface area contributed by atoms with E-state index in [2.05, 4.69) is 10.1 Å². The van der Waals surface area contributed by atoms with Crippen LogP contribution < -0.4 is 24.5 Å². The van der Waals surface area contributed by atoms with Gasteiger partial charge in [0, 0.05) is 18.2 Å². The molecule has 0 bridgehead atoms. The lowest BCUT2D eigenvalue weighted by Gasteiger charge is -2.07. The number of benzene rings is 2. The van der Waals surface area contributed by atoms with Gasteiger partial charge in [-0.15, -0.1) is 5.10 Å². The number of aromatic nitrogens is 3. The zero-order valence-electron chi connectivity index (χ0n) is 16.4. The second kappa shape index (κ2) is 6.67. The summed E-state index contributed by atoms with van der Waals surface area (Å²) >= 11 is 1.16. The van der Waals surface area contributed by atoms with Gasteiger partial charge in [-0.3, -0.25) is 9.59 Å². The summed E-state index contributed by atoms with van der Waals surface area (Å²) in [5, 5.41) is 4.37. The highest BCUT2D eigenvalue weighted by molar-refractivity contribution is 7.15. The summed E-state index contributed by atoms with van der Waals surface area (Å²) < 4.78 is 12.2. The number of fused-ring (bicyclic) bond motifs is 2. The van der Waals surface area contributed by atoms with Crippen LogP contribution in [0.15, 0.2) is 47.3 Å². The maximum Gasteiger partial charge on any atom is 0.291 e. The van der Waals surface area contributed by atoms with Gasteiger partial charge in [0.15, 0.2) is 17.3 Å². The van der Waals surface area contributed by atoms with Crippen LogP contribution in [0, 0.1) is 0 Å². The molecule has 1 amide bonds. The quantitative estimate of drug-likeness (QED) is 0.502. The Morgan fingerprint density at radius 2 is 1.77 bits per heavy atom. The van der Waals surface area contributed by atoms with Gasteiger partial charge < -0.3 is 14.4 Å². The second-order valence-electron chi connectivity index (χ2n) is 6.69. The fourth-order valence-corrected chi connectivity index (χ4v) is 4.57. The van der Waals surface area contributed by atoms with Gasteiger partial charge in [0.05, 0.1) is 25.5 Å². The fourth-order valence-electron chi connectivity index (χ4n) is 3.57. The number of anilines is 1. The number of rotatable bonds is 3. The van der Waals surface area contributed by atoms with E-state index in [4.69, 9.17) is 9.47 Å². The lowest BCUT2D eigenvalue weighted by molar-refractivity contribution is -0.112. The van der Waals surface area contributed by atoms with Gasteiger partial charge in [0.25, 0.3) is 11.5 Å². The topological polar surface area (TPSA) is 86.0 Å². The smallest absolute Gasteiger partial charge is 0.291 e. The molecule has 3 heterocycles. The van der Waals surface area contributed by atoms with E-state index in [1.165, 1.54) is 4.52 Å². The van der Waals surface area contributed by atoms with E-state index in [-0.39, 0.29) is 11.5 Å². The van der Waals surface area contributed by atoms with Crippen molar-refractivity contribution in [3.8, 4) is 22.9 Å². The summed E-state index contributed by atoms with van der Waals surface area (Å²) in [5.74, 6) is 1.32. The van der Waals surface area contributed by atoms with Crippen molar-refractivity contribution in [3.05, 3.63) is 62.9 Å². The Morgan fingerprint density at radius 1 is 1.00 bits per heavy atom. The first-order chi connectivity index (χ1) is 14.5. The van der Waals surface area contributed by atoms with E-state index in [1.54, 1.807) is 44.4 Å². The second-order valence-corrected chi connectivity index (χ2v) is 7.67. The zero-order chi connectivity index (χ0) is 21.0. The molecular formula is C21H16N4O4S. The molecular weight excluding hydrogens is 404 g/mol. The third-order valence-corrected chi connectivity index (χ3v) is 6.11. The van der Waals surface area contributed by atoms with Crippen molar-refractivity contribution < 1.29 is 14.3 Å². The molecule has 0 aliphatic carbocycles. The summed E-state index contributed by atoms with van der Waals surface area (Å²) in [6.07, 6.45) is 0. The van der Waals surface area contributed by atoms with Gasteiger partial charge in [-0.1, -0.05) is 29.5 Å². The summed E-state index contributed by atoms with van der Waals surface area (Å²) in [7, 11) is 4.81. The SMILES string of the molecule is COc1ccc(-c2nc3sc(=C4C(=O)N(C)c5ccccc54)c(=O)n3n2)cc1OC. The van der Waals surface area contributed by atoms with E-state index < -0.39 is 0 Å². The van der Waals surface area contributed by atoms with Crippen LogP contribution in [-0.4, -0.2) is 41.8 Å². The lowest BCUT2D eigenvalue weighted by atomic mass is 10.1. The molecule has 1 aliphatic rings. The third-order valence-electron chi connectivity index (χ3n) is 5.08. The van der Waals surface area contributed by atoms with Crippen LogP contribution in [0.1, 0.15) is 5.56 Å². The van der Waals surface area contributed by atoms with Gasteiger partial charge in [0.1, 0.15) is 4.53 Å². The molecule has 9 heteroatoms. The normalized spacial score (nSPS) is 15.0. The summed E-state index contributed by atoms with van der Waals surface area (Å²) in [4.78, 5) is 32.4. The van der Waals surface area contributed by atoms with Crippen molar-refractivity contribution in [2.75, 3.05) is 26.2 Å². The number of para-hydroxylation sites is 1. The summed E-state index contributed by atoms with van der Waals surface area (Å²) in [6, 6.07) is 12.7. The third kappa shape index (κ3) is 2.52. The van der Waals surface area contributed by atoms with Gasteiger partial charge in [-0.25, -0.2) is 0 Å². The molecule has 30 heavy (non-hydrogen) atoms. The van der Waals surface area contributed by atoms with Crippen molar-refractivity contribution in [1.29, 1.82) is 0 Å². The Morgan fingerprint density at radius 3 is 2.50 bits per heavy atom. The first-order valence-electron chi connectivity index (χ1n) is 9.07. The molecule has 150 valence electrons. The van der Waals surface area contributed by atoms with Crippen molar-refractivity contribution in [1.82, 2.24) is 14.6 Å². The Hall–Kier alpha value is -3.72. The Kier molecular flexibility index (Phi) is 4.07. The zero-order valence-corrected chi connectivity index (χ0v) is 17.2. The Balaban J connectivity index is 1.69. The van der Waals surface area contributed by atoms with Crippen molar-refractivity contribution in [3.63, 3.8) is 0 Å². The van der Waals surface area contributed by atoms with E-state index in [9.17, 15) is 9.59 Å². The average molecular weight is 420 g/mol. The molecule has 0 radical (unpaired) electrons. The number of hydrogen-bond acceptors (Lipinski definition) is 7. The monoisotopic (exact) mass is 420 g/mol. The largest absolute Gasteiger partial charge is 0.493 e. The van der Waals surface area contributed by atoms with Gasteiger partial charge in [-0.2, -0.15) is 9.50 Å². The van der Waals surface area contributed by atoms with E-state index in [0.29, 0.717) is 38.0 Å². The van der Waals surface area contributed by atoms with Crippen LogP contribution in [0.4, 0.5) is 5.69 Å². The number of nitrogens with zero attached hydrogens (tertiary/aromatic N) is 4. The standard InChI is InChI=1S/C21H16N4O4S/c1-24-13-7-5-4-6-12(13)16(19(24)26)17-20(27)25-21(30-17)22-18(23-25)11-8-9-14(28-2)15(10-11)29-3/h4-10H,1-3H3. The molecule has 1 aliphatic heterocycles. The lowest BCUT2D eigenvalue weighted by Crippen LogP contribution is -2.30. The van der Waals surface area contributed by atoms with Crippen molar-refractivity contribution in [2.24, 2.45) is 0 Å². The number of ether oxygens (including phenoxy) is 2. The number of methoxy groups -OCH3 is 2. The molecule has 0 N–H and O–H groups in total. The fraction of sp³-hybridized carbons (Fsp3) is 0.143. The predicted octanol–water partition coefficient (Wildman–Crippen LogP) is 1.73. The number of carbonyl (C=O) groups excluding carboxylic acids is 1. The highest BCUT2D eigenvalue weighted by atomic mass is 32.1. The summed E-state index contributed by atoms with van der Waals surface area (Å²) in [5.41, 5.74) is 2.25. The first kappa shape index (κ1) is 18.3. The van der Waals surface area contributed by atoms with Crippen LogP contribution in [0.25, 0.3) is 21.9 Å². The minimum absolute atomic E-state index is 0.210. The van der Waals surface area contributed by atoms with E-state index in [0.717, 1.165) is 22.6 Å². The molecule has 0 unspecified atom stereocenters.